The second-order valence-electron chi connectivity index (χ2n) is 8.63. The number of hydrogen-bond donors (Lipinski definition) is 1. The first-order valence-electron chi connectivity index (χ1n) is 10.1. The predicted octanol–water partition coefficient (Wildman–Crippen LogP) is -0.719. The van der Waals surface area contributed by atoms with Crippen LogP contribution in [0.15, 0.2) is 48.9 Å². The van der Waals surface area contributed by atoms with Gasteiger partial charge >= 0.3 is 0 Å². The molecule has 1 saturated heterocycles. The van der Waals surface area contributed by atoms with E-state index in [2.05, 4.69) is 20.2 Å². The van der Waals surface area contributed by atoms with E-state index in [9.17, 15) is 4.79 Å². The van der Waals surface area contributed by atoms with Crippen molar-refractivity contribution < 1.29 is 4.79 Å². The van der Waals surface area contributed by atoms with Crippen molar-refractivity contribution >= 4 is 93.9 Å². The van der Waals surface area contributed by atoms with Crippen molar-refractivity contribution in [2.75, 3.05) is 4.90 Å². The largest absolute Gasteiger partial charge is 0.308 e. The SMILES string of the molecule is [B]C([B])(c1ccc(Cl)nc1)C1([B])C(=O)N(c2cc(-c3ccncc3)[nH]n2)C([B])([B])C([B])([B])C1([B])[B]. The van der Waals surface area contributed by atoms with Gasteiger partial charge in [0.1, 0.15) is 5.15 Å². The topological polar surface area (TPSA) is 74.8 Å². The van der Waals surface area contributed by atoms with Gasteiger partial charge in [0.2, 0.25) is 5.91 Å². The maximum absolute atomic E-state index is 14.1. The van der Waals surface area contributed by atoms with Gasteiger partial charge in [-0.25, -0.2) is 4.98 Å². The molecule has 3 aromatic rings. The summed E-state index contributed by atoms with van der Waals surface area (Å²) in [5.74, 6) is -1.19. The Morgan fingerprint density at radius 3 is 2.14 bits per heavy atom. The van der Waals surface area contributed by atoms with Gasteiger partial charge in [-0.3, -0.25) is 14.9 Å². The number of rotatable bonds is 4. The minimum atomic E-state index is -2.60. The van der Waals surface area contributed by atoms with Crippen LogP contribution in [0.2, 0.25) is 20.9 Å². The number of piperidine rings is 1. The number of carbonyl (C=O) groups excluding carboxylic acids is 1. The Morgan fingerprint density at radius 2 is 1.57 bits per heavy atom. The molecule has 1 N–H and O–H groups in total. The second kappa shape index (κ2) is 8.19. The zero-order valence-electron chi connectivity index (χ0n) is 18.4. The second-order valence-corrected chi connectivity index (χ2v) is 9.01. The van der Waals surface area contributed by atoms with Crippen molar-refractivity contribution in [3.05, 3.63) is 59.6 Å². The molecule has 150 valence electrons. The van der Waals surface area contributed by atoms with Crippen LogP contribution in [0.1, 0.15) is 5.56 Å². The van der Waals surface area contributed by atoms with Crippen LogP contribution in [-0.4, -0.2) is 102 Å². The number of amides is 1. The highest BCUT2D eigenvalue weighted by Crippen LogP contribution is 2.71. The van der Waals surface area contributed by atoms with Gasteiger partial charge in [0.25, 0.3) is 0 Å². The third-order valence-corrected chi connectivity index (χ3v) is 6.78. The Balaban J connectivity index is 1.92. The van der Waals surface area contributed by atoms with E-state index in [4.69, 9.17) is 82.2 Å². The average molecular weight is 456 g/mol. The minimum Gasteiger partial charge on any atom is -0.308 e. The number of H-pyrrole nitrogens is 1. The quantitative estimate of drug-likeness (QED) is 0.416. The first-order chi connectivity index (χ1) is 16.1. The fourth-order valence-corrected chi connectivity index (χ4v) is 4.24. The molecule has 1 aliphatic heterocycles. The number of hydrogen-bond acceptors (Lipinski definition) is 4. The van der Waals surface area contributed by atoms with Crippen LogP contribution in [-0.2, 0) is 10.0 Å². The van der Waals surface area contributed by atoms with Crippen LogP contribution in [0.3, 0.4) is 0 Å². The number of aromatic nitrogens is 4. The number of halogens is 1. The number of aromatic amines is 1. The molecule has 1 fully saturated rings. The highest BCUT2D eigenvalue weighted by atomic mass is 35.5. The lowest BCUT2D eigenvalue weighted by atomic mass is 9.08. The van der Waals surface area contributed by atoms with Crippen LogP contribution in [0.25, 0.3) is 11.3 Å². The van der Waals surface area contributed by atoms with Crippen LogP contribution in [0.4, 0.5) is 5.82 Å². The summed E-state index contributed by atoms with van der Waals surface area (Å²) in [5.41, 5.74) is 1.23. The van der Waals surface area contributed by atoms with Gasteiger partial charge in [-0.1, -0.05) is 22.9 Å². The minimum absolute atomic E-state index is 0.0508. The summed E-state index contributed by atoms with van der Waals surface area (Å²) in [5, 5.41) is -5.28. The molecule has 0 saturated carbocycles. The Labute approximate surface area is 220 Å². The molecule has 18 radical (unpaired) electrons. The normalized spacial score (nSPS) is 23.1. The van der Waals surface area contributed by atoms with Crippen molar-refractivity contribution in [2.45, 2.75) is 26.3 Å². The lowest BCUT2D eigenvalue weighted by molar-refractivity contribution is -0.124. The third-order valence-electron chi connectivity index (χ3n) is 6.55. The van der Waals surface area contributed by atoms with Crippen LogP contribution >= 0.6 is 11.6 Å². The lowest BCUT2D eigenvalue weighted by Crippen LogP contribution is -2.76. The Morgan fingerprint density at radius 1 is 0.943 bits per heavy atom. The smallest absolute Gasteiger partial charge is 0.223 e. The summed E-state index contributed by atoms with van der Waals surface area (Å²) in [6.07, 6.45) is 4.35. The van der Waals surface area contributed by atoms with Gasteiger partial charge in [0.15, 0.2) is 5.82 Å². The van der Waals surface area contributed by atoms with Gasteiger partial charge in [-0.2, -0.15) is 5.10 Å². The van der Waals surface area contributed by atoms with E-state index in [1.54, 1.807) is 24.5 Å². The summed E-state index contributed by atoms with van der Waals surface area (Å²) in [4.78, 5) is 22.8. The zero-order valence-corrected chi connectivity index (χ0v) is 19.1. The molecule has 1 unspecified atom stereocenters. The van der Waals surface area contributed by atoms with Gasteiger partial charge in [0, 0.05) is 30.2 Å². The van der Waals surface area contributed by atoms with Crippen molar-refractivity contribution in [2.24, 2.45) is 0 Å². The molecular weight excluding hydrogens is 447 g/mol. The number of anilines is 1. The standard InChI is InChI=1S/C19H9B9ClN5O/c20-15(16(21,22)10-1-2-12(29)31-8-10)14(35)34(19(27,28)18(25,26)17(15,23)24)13-7-11(32-33-13)9-3-5-30-6-4-9/h1-8H,(H,32,33). The van der Waals surface area contributed by atoms with Crippen LogP contribution in [0, 0.1) is 0 Å². The molecule has 1 amide bonds. The van der Waals surface area contributed by atoms with Crippen molar-refractivity contribution in [3.8, 4) is 11.3 Å². The lowest BCUT2D eigenvalue weighted by Gasteiger charge is -2.73. The Bertz CT molecular complexity index is 1270. The molecule has 1 aliphatic rings. The monoisotopic (exact) mass is 457 g/mol. The summed E-state index contributed by atoms with van der Waals surface area (Å²) >= 11 is 5.87. The molecular formula is C19H9B9ClN5O. The fraction of sp³-hybridized carbons (Fsp3) is 0.263. The van der Waals surface area contributed by atoms with Gasteiger partial charge < -0.3 is 4.90 Å². The Hall–Kier alpha value is -2.15. The highest BCUT2D eigenvalue weighted by molar-refractivity contribution is 6.69. The first-order valence-corrected chi connectivity index (χ1v) is 10.5. The molecule has 6 nitrogen and oxygen atoms in total. The van der Waals surface area contributed by atoms with E-state index >= 15 is 0 Å². The van der Waals surface area contributed by atoms with E-state index in [-0.39, 0.29) is 16.5 Å². The maximum atomic E-state index is 14.1. The number of carbonyl (C=O) groups is 1. The molecule has 35 heavy (non-hydrogen) atoms. The number of nitrogens with zero attached hydrogens (tertiary/aromatic N) is 4. The molecule has 0 spiro atoms. The maximum Gasteiger partial charge on any atom is 0.223 e. The van der Waals surface area contributed by atoms with E-state index < -0.39 is 32.2 Å². The van der Waals surface area contributed by atoms with Gasteiger partial charge in [-0.05, 0) is 34.4 Å². The summed E-state index contributed by atoms with van der Waals surface area (Å²) in [7, 11) is 57.4. The number of pyridine rings is 2. The summed E-state index contributed by atoms with van der Waals surface area (Å²) < 4.78 is 0. The van der Waals surface area contributed by atoms with E-state index in [0.29, 0.717) is 11.3 Å². The van der Waals surface area contributed by atoms with E-state index in [1.165, 1.54) is 24.4 Å². The molecule has 0 bridgehead atoms. The molecule has 3 aromatic heterocycles. The van der Waals surface area contributed by atoms with E-state index in [0.717, 1.165) is 4.90 Å². The molecule has 0 aromatic carbocycles. The van der Waals surface area contributed by atoms with Crippen LogP contribution in [0.5, 0.6) is 0 Å². The third kappa shape index (κ3) is 3.44. The number of nitrogens with one attached hydrogen (secondary N) is 1. The molecule has 4 heterocycles. The zero-order chi connectivity index (χ0) is 26.0. The molecule has 0 aliphatic carbocycles. The fourth-order valence-electron chi connectivity index (χ4n) is 4.13. The van der Waals surface area contributed by atoms with Gasteiger partial charge in [-0.15, -0.1) is 10.4 Å². The van der Waals surface area contributed by atoms with Crippen molar-refractivity contribution in [1.29, 1.82) is 0 Å². The van der Waals surface area contributed by atoms with Crippen molar-refractivity contribution in [1.82, 2.24) is 20.2 Å². The summed E-state index contributed by atoms with van der Waals surface area (Å²) in [6, 6.07) is 7.67. The molecule has 1 atom stereocenters. The molecule has 16 heteroatoms. The van der Waals surface area contributed by atoms with Crippen molar-refractivity contribution in [3.63, 3.8) is 0 Å². The Kier molecular flexibility index (Phi) is 6.07. The predicted molar refractivity (Wildman–Crippen MR) is 143 cm³/mol. The summed E-state index contributed by atoms with van der Waals surface area (Å²) in [6.45, 7) is 0. The van der Waals surface area contributed by atoms with E-state index in [1.807, 2.05) is 0 Å². The van der Waals surface area contributed by atoms with Crippen LogP contribution < -0.4 is 4.90 Å². The molecule has 4 rings (SSSR count). The first kappa shape index (κ1) is 25.9. The highest BCUT2D eigenvalue weighted by Gasteiger charge is 2.68. The average Bonchev–Trinajstić information content (AvgIpc) is 3.27. The van der Waals surface area contributed by atoms with Gasteiger partial charge in [0.05, 0.1) is 76.3 Å².